The number of aryl methyl sites for hydroxylation is 1. The van der Waals surface area contributed by atoms with Crippen molar-refractivity contribution in [2.24, 2.45) is 0 Å². The number of carbonyl (C=O) groups is 1. The Bertz CT molecular complexity index is 298. The Hall–Kier alpha value is -0.840. The van der Waals surface area contributed by atoms with E-state index in [0.717, 1.165) is 5.33 Å². The highest BCUT2D eigenvalue weighted by Crippen LogP contribution is 2.08. The molecule has 13 heavy (non-hydrogen) atoms. The van der Waals surface area contributed by atoms with E-state index in [2.05, 4.69) is 21.1 Å². The van der Waals surface area contributed by atoms with Gasteiger partial charge < -0.3 is 9.42 Å². The highest BCUT2D eigenvalue weighted by molar-refractivity contribution is 9.09. The van der Waals surface area contributed by atoms with Crippen LogP contribution in [-0.2, 0) is 0 Å². The predicted octanol–water partition coefficient (Wildman–Crippen LogP) is 1.45. The molecule has 1 rings (SSSR count). The van der Waals surface area contributed by atoms with Crippen LogP contribution in [0.4, 0.5) is 0 Å². The second-order valence-corrected chi connectivity index (χ2v) is 3.50. The quantitative estimate of drug-likeness (QED) is 0.759. The predicted molar refractivity (Wildman–Crippen MR) is 52.0 cm³/mol. The molecule has 0 spiro atoms. The summed E-state index contributed by atoms with van der Waals surface area (Å²) >= 11 is 3.27. The van der Waals surface area contributed by atoms with Crippen LogP contribution < -0.4 is 0 Å². The third kappa shape index (κ3) is 2.30. The molecule has 0 fully saturated rings. The molecule has 4 nitrogen and oxygen atoms in total. The monoisotopic (exact) mass is 246 g/mol. The maximum absolute atomic E-state index is 11.6. The molecule has 0 aromatic carbocycles. The molecule has 0 aliphatic heterocycles. The van der Waals surface area contributed by atoms with Gasteiger partial charge in [0, 0.05) is 18.9 Å². The van der Waals surface area contributed by atoms with Crippen molar-refractivity contribution in [2.45, 2.75) is 6.92 Å². The van der Waals surface area contributed by atoms with Crippen molar-refractivity contribution in [1.29, 1.82) is 0 Å². The summed E-state index contributed by atoms with van der Waals surface area (Å²) in [5.74, 6) is 0.504. The molecule has 0 N–H and O–H groups in total. The Morgan fingerprint density at radius 2 is 2.46 bits per heavy atom. The second-order valence-electron chi connectivity index (χ2n) is 2.71. The second kappa shape index (κ2) is 4.41. The Morgan fingerprint density at radius 3 is 2.92 bits per heavy atom. The fourth-order valence-corrected chi connectivity index (χ4v) is 1.47. The first-order valence-electron chi connectivity index (χ1n) is 3.89. The van der Waals surface area contributed by atoms with Gasteiger partial charge in [0.25, 0.3) is 5.91 Å². The highest BCUT2D eigenvalue weighted by Gasteiger charge is 2.16. The van der Waals surface area contributed by atoms with E-state index in [-0.39, 0.29) is 5.91 Å². The number of amides is 1. The summed E-state index contributed by atoms with van der Waals surface area (Å²) in [6.45, 7) is 2.39. The fraction of sp³-hybridized carbons (Fsp3) is 0.500. The number of halogens is 1. The van der Waals surface area contributed by atoms with Gasteiger partial charge >= 0.3 is 0 Å². The lowest BCUT2D eigenvalue weighted by Gasteiger charge is -2.14. The molecule has 1 amide bonds. The van der Waals surface area contributed by atoms with E-state index in [9.17, 15) is 4.79 Å². The first kappa shape index (κ1) is 10.2. The van der Waals surface area contributed by atoms with Crippen molar-refractivity contribution < 1.29 is 9.32 Å². The van der Waals surface area contributed by atoms with Gasteiger partial charge in [-0.2, -0.15) is 0 Å². The molecule has 1 heterocycles. The zero-order valence-electron chi connectivity index (χ0n) is 7.58. The van der Waals surface area contributed by atoms with Gasteiger partial charge in [-0.15, -0.1) is 0 Å². The van der Waals surface area contributed by atoms with Gasteiger partial charge in [0.2, 0.25) is 0 Å². The molecule has 0 unspecified atom stereocenters. The van der Waals surface area contributed by atoms with Crippen LogP contribution in [0, 0.1) is 6.92 Å². The van der Waals surface area contributed by atoms with Crippen LogP contribution in [0.25, 0.3) is 0 Å². The van der Waals surface area contributed by atoms with Gasteiger partial charge in [0.05, 0.1) is 6.20 Å². The maximum Gasteiger partial charge on any atom is 0.258 e. The van der Waals surface area contributed by atoms with E-state index in [1.807, 2.05) is 0 Å². The summed E-state index contributed by atoms with van der Waals surface area (Å²) in [4.78, 5) is 13.2. The summed E-state index contributed by atoms with van der Waals surface area (Å²) in [7, 11) is 1.75. The van der Waals surface area contributed by atoms with Crippen molar-refractivity contribution in [2.75, 3.05) is 18.9 Å². The van der Waals surface area contributed by atoms with Gasteiger partial charge in [0.15, 0.2) is 0 Å². The SMILES string of the molecule is Cc1oncc1C(=O)N(C)CCBr. The van der Waals surface area contributed by atoms with Gasteiger partial charge in [-0.25, -0.2) is 0 Å². The summed E-state index contributed by atoms with van der Waals surface area (Å²) in [5.41, 5.74) is 0.531. The molecule has 72 valence electrons. The zero-order chi connectivity index (χ0) is 9.84. The van der Waals surface area contributed by atoms with E-state index in [1.54, 1.807) is 18.9 Å². The van der Waals surface area contributed by atoms with E-state index >= 15 is 0 Å². The Kier molecular flexibility index (Phi) is 3.48. The van der Waals surface area contributed by atoms with Crippen LogP contribution in [0.1, 0.15) is 16.1 Å². The lowest BCUT2D eigenvalue weighted by Crippen LogP contribution is -2.28. The van der Waals surface area contributed by atoms with Crippen molar-refractivity contribution in [3.63, 3.8) is 0 Å². The van der Waals surface area contributed by atoms with Crippen LogP contribution in [0.2, 0.25) is 0 Å². The summed E-state index contributed by atoms with van der Waals surface area (Å²) in [6.07, 6.45) is 1.45. The number of aromatic nitrogens is 1. The smallest absolute Gasteiger partial charge is 0.258 e. The molecule has 5 heteroatoms. The molecular weight excluding hydrogens is 236 g/mol. The number of alkyl halides is 1. The average Bonchev–Trinajstić information content (AvgIpc) is 2.50. The van der Waals surface area contributed by atoms with Gasteiger partial charge in [-0.05, 0) is 6.92 Å². The molecule has 0 atom stereocenters. The van der Waals surface area contributed by atoms with Gasteiger partial charge in [-0.3, -0.25) is 4.79 Å². The molecule has 0 saturated carbocycles. The van der Waals surface area contributed by atoms with Crippen molar-refractivity contribution in [3.8, 4) is 0 Å². The van der Waals surface area contributed by atoms with Gasteiger partial charge in [-0.1, -0.05) is 21.1 Å². The molecule has 0 aliphatic rings. The first-order chi connectivity index (χ1) is 6.16. The number of hydrogen-bond donors (Lipinski definition) is 0. The minimum Gasteiger partial charge on any atom is -0.361 e. The van der Waals surface area contributed by atoms with Crippen LogP contribution in [0.5, 0.6) is 0 Å². The highest BCUT2D eigenvalue weighted by atomic mass is 79.9. The van der Waals surface area contributed by atoms with Crippen LogP contribution in [0.3, 0.4) is 0 Å². The standard InChI is InChI=1S/C8H11BrN2O2/c1-6-7(5-10-13-6)8(12)11(2)4-3-9/h5H,3-4H2,1-2H3. The molecular formula is C8H11BrN2O2. The molecule has 1 aromatic heterocycles. The summed E-state index contributed by atoms with van der Waals surface area (Å²) in [5, 5.41) is 4.31. The molecule has 1 aromatic rings. The maximum atomic E-state index is 11.6. The Morgan fingerprint density at radius 1 is 1.77 bits per heavy atom. The number of nitrogens with zero attached hydrogens (tertiary/aromatic N) is 2. The molecule has 0 radical (unpaired) electrons. The van der Waals surface area contributed by atoms with E-state index in [4.69, 9.17) is 4.52 Å². The third-order valence-corrected chi connectivity index (χ3v) is 2.10. The van der Waals surface area contributed by atoms with Crippen LogP contribution >= 0.6 is 15.9 Å². The Labute approximate surface area is 85.0 Å². The number of carbonyl (C=O) groups excluding carboxylic acids is 1. The molecule has 0 bridgehead atoms. The topological polar surface area (TPSA) is 46.3 Å². The van der Waals surface area contributed by atoms with E-state index in [1.165, 1.54) is 6.20 Å². The number of hydrogen-bond acceptors (Lipinski definition) is 3. The first-order valence-corrected chi connectivity index (χ1v) is 5.01. The third-order valence-electron chi connectivity index (χ3n) is 1.75. The lowest BCUT2D eigenvalue weighted by molar-refractivity contribution is 0.0802. The minimum atomic E-state index is -0.0572. The minimum absolute atomic E-state index is 0.0572. The van der Waals surface area contributed by atoms with E-state index < -0.39 is 0 Å². The average molecular weight is 247 g/mol. The van der Waals surface area contributed by atoms with Crippen molar-refractivity contribution in [3.05, 3.63) is 17.5 Å². The van der Waals surface area contributed by atoms with Crippen molar-refractivity contribution in [1.82, 2.24) is 10.1 Å². The zero-order valence-corrected chi connectivity index (χ0v) is 9.17. The van der Waals surface area contributed by atoms with E-state index in [0.29, 0.717) is 17.9 Å². The van der Waals surface area contributed by atoms with Gasteiger partial charge in [0.1, 0.15) is 11.3 Å². The molecule has 0 saturated heterocycles. The number of rotatable bonds is 3. The normalized spacial score (nSPS) is 10.1. The summed E-state index contributed by atoms with van der Waals surface area (Å²) in [6, 6.07) is 0. The molecule has 0 aliphatic carbocycles. The van der Waals surface area contributed by atoms with Crippen LogP contribution in [0.15, 0.2) is 10.7 Å². The Balaban J connectivity index is 2.73. The van der Waals surface area contributed by atoms with Crippen molar-refractivity contribution >= 4 is 21.8 Å². The lowest BCUT2D eigenvalue weighted by atomic mass is 10.2. The summed E-state index contributed by atoms with van der Waals surface area (Å²) < 4.78 is 4.80. The largest absolute Gasteiger partial charge is 0.361 e. The van der Waals surface area contributed by atoms with Crippen LogP contribution in [-0.4, -0.2) is 34.9 Å². The fourth-order valence-electron chi connectivity index (χ4n) is 0.938.